The number of hydrogen-bond acceptors (Lipinski definition) is 16. The van der Waals surface area contributed by atoms with E-state index in [0.29, 0.717) is 72.1 Å². The van der Waals surface area contributed by atoms with Gasteiger partial charge < -0.3 is 47.8 Å². The van der Waals surface area contributed by atoms with E-state index >= 15 is 0 Å². The summed E-state index contributed by atoms with van der Waals surface area (Å²) in [6.07, 6.45) is 1.33. The van der Waals surface area contributed by atoms with Crippen LogP contribution in [0.5, 0.6) is 46.5 Å². The van der Waals surface area contributed by atoms with E-state index in [1.807, 2.05) is 72.8 Å². The molecule has 70 heavy (non-hydrogen) atoms. The van der Waals surface area contributed by atoms with Crippen molar-refractivity contribution in [2.75, 3.05) is 33.5 Å². The molecule has 0 saturated carbocycles. The Hall–Kier alpha value is -7.61. The van der Waals surface area contributed by atoms with Crippen molar-refractivity contribution in [1.29, 1.82) is 0 Å². The number of hydrogen-bond donors (Lipinski definition) is 1. The first-order valence-corrected chi connectivity index (χ1v) is 22.4. The summed E-state index contributed by atoms with van der Waals surface area (Å²) in [6.45, 7) is 1.21. The van der Waals surface area contributed by atoms with Crippen LogP contribution in [0.25, 0.3) is 0 Å². The number of ether oxygens (including phenoxy) is 8. The first-order chi connectivity index (χ1) is 34.2. The molecule has 0 bridgehead atoms. The van der Waals surface area contributed by atoms with Gasteiger partial charge in [-0.1, -0.05) is 9.97 Å². The van der Waals surface area contributed by atoms with Crippen molar-refractivity contribution >= 4 is 29.0 Å². The van der Waals surface area contributed by atoms with Crippen molar-refractivity contribution in [1.82, 2.24) is 24.9 Å². The average Bonchev–Trinajstić information content (AvgIpc) is 4.11. The summed E-state index contributed by atoms with van der Waals surface area (Å²) >= 11 is 11.8. The predicted octanol–water partition coefficient (Wildman–Crippen LogP) is 8.70. The Morgan fingerprint density at radius 2 is 0.914 bits per heavy atom. The average molecular weight is 983 g/mol. The zero-order chi connectivity index (χ0) is 48.1. The van der Waals surface area contributed by atoms with Gasteiger partial charge >= 0.3 is 23.1 Å². The van der Waals surface area contributed by atoms with Crippen LogP contribution in [0, 0.1) is 0 Å². The third-order valence-corrected chi connectivity index (χ3v) is 11.4. The molecule has 352 valence electrons. The van der Waals surface area contributed by atoms with Crippen LogP contribution in [0.2, 0.25) is 10.6 Å². The molecule has 2 saturated heterocycles. The number of aromatic nitrogens is 6. The van der Waals surface area contributed by atoms with Gasteiger partial charge in [-0.3, -0.25) is 4.79 Å². The fraction of sp³-hybridized carbons (Fsp3) is 0.157. The van der Waals surface area contributed by atoms with Gasteiger partial charge in [-0.2, -0.15) is 9.97 Å². The monoisotopic (exact) mass is 981 g/mol. The molecule has 0 radical (unpaired) electrons. The van der Waals surface area contributed by atoms with Crippen LogP contribution in [0.3, 0.4) is 0 Å². The summed E-state index contributed by atoms with van der Waals surface area (Å²) in [5, 5.41) is 9.58. The molecular weight excluding hydrogens is 943 g/mol. The van der Waals surface area contributed by atoms with Crippen LogP contribution in [-0.4, -0.2) is 69.3 Å². The second-order valence-corrected chi connectivity index (χ2v) is 16.1. The maximum Gasteiger partial charge on any atom is 0.372 e. The number of benzene rings is 6. The second-order valence-electron chi connectivity index (χ2n) is 15.4. The van der Waals surface area contributed by atoms with E-state index in [2.05, 4.69) is 24.9 Å². The number of rotatable bonds is 16. The minimum atomic E-state index is -1.15. The van der Waals surface area contributed by atoms with Crippen LogP contribution in [0.1, 0.15) is 44.0 Å². The lowest BCUT2D eigenvalue weighted by Crippen LogP contribution is -2.45. The van der Waals surface area contributed by atoms with Crippen molar-refractivity contribution in [3.63, 3.8) is 0 Å². The molecule has 2 fully saturated rings. The van der Waals surface area contributed by atoms with Crippen molar-refractivity contribution in [2.45, 2.75) is 18.2 Å². The molecule has 17 nitrogen and oxygen atoms in total. The van der Waals surface area contributed by atoms with E-state index < -0.39 is 18.2 Å². The van der Waals surface area contributed by atoms with Crippen molar-refractivity contribution < 1.29 is 57.4 Å². The topological polar surface area (TPSA) is 189 Å². The Morgan fingerprint density at radius 3 is 1.33 bits per heavy atom. The van der Waals surface area contributed by atoms with Gasteiger partial charge in [0, 0.05) is 33.4 Å². The molecular formula is C51H39Cl2N6O11+. The molecule has 10 rings (SSSR count). The molecule has 0 unspecified atom stereocenters. The fourth-order valence-corrected chi connectivity index (χ4v) is 8.06. The third kappa shape index (κ3) is 9.81. The Kier molecular flexibility index (Phi) is 13.3. The molecule has 6 aromatic carbocycles. The molecule has 0 aliphatic carbocycles. The van der Waals surface area contributed by atoms with Crippen molar-refractivity contribution in [3.05, 3.63) is 202 Å². The SMILES string of the molecule is COc1nc(Cl)nc(Oc2ccc(C3(c4ccc(Oc5ccc(C(=O)c6ccc(Oc7ccc(C8(c9ccc(O[n+]%10cnc(Cl)nc%10CO)cc9)OCCO8)cc7)cc6)cc5)cc4)OCCO3)cc2)n1. The molecule has 0 spiro atoms. The van der Waals surface area contributed by atoms with E-state index in [0.717, 1.165) is 22.3 Å². The van der Waals surface area contributed by atoms with Crippen LogP contribution in [0.4, 0.5) is 0 Å². The molecule has 1 N–H and O–H groups in total. The standard InChI is InChI=1S/C51H39Cl2N6O11/c1-62-48-56-47(53)57-49(58-48)69-42-22-10-36(11-23-42)50(63-26-27-64-50)34-6-18-40(19-7-34)67-38-14-2-32(3-15-38)45(61)33-4-16-39(17-5-33)68-41-20-8-35(9-21-41)51(65-28-29-66-51)37-12-24-43(25-13-37)70-59-31-54-46(52)55-44(59)30-60/h2-25,31,60H,26-30H2,1H3/q+1. The van der Waals surface area contributed by atoms with Crippen LogP contribution < -0.4 is 28.5 Å². The van der Waals surface area contributed by atoms with Gasteiger partial charge in [0.2, 0.25) is 16.9 Å². The number of halogens is 2. The molecule has 8 aromatic rings. The van der Waals surface area contributed by atoms with Crippen molar-refractivity contribution in [3.8, 4) is 46.5 Å². The Balaban J connectivity index is 0.744. The van der Waals surface area contributed by atoms with Crippen LogP contribution in [0.15, 0.2) is 152 Å². The molecule has 2 aliphatic heterocycles. The molecule has 19 heteroatoms. The largest absolute Gasteiger partial charge is 0.467 e. The Morgan fingerprint density at radius 1 is 0.529 bits per heavy atom. The highest BCUT2D eigenvalue weighted by Crippen LogP contribution is 2.42. The summed E-state index contributed by atoms with van der Waals surface area (Å²) in [5.41, 5.74) is 4.03. The summed E-state index contributed by atoms with van der Waals surface area (Å²) in [4.78, 5) is 39.1. The molecule has 4 heterocycles. The summed E-state index contributed by atoms with van der Waals surface area (Å²) in [6, 6.07) is 43.1. The molecule has 2 aliphatic rings. The maximum atomic E-state index is 13.5. The highest BCUT2D eigenvalue weighted by Gasteiger charge is 2.42. The minimum Gasteiger partial charge on any atom is -0.467 e. The van der Waals surface area contributed by atoms with Crippen molar-refractivity contribution in [2.24, 2.45) is 0 Å². The minimum absolute atomic E-state index is 0.00522. The number of carbonyl (C=O) groups excluding carboxylic acids is 1. The zero-order valence-corrected chi connectivity index (χ0v) is 38.5. The number of aliphatic hydroxyl groups is 1. The lowest BCUT2D eigenvalue weighted by atomic mass is 9.97. The van der Waals surface area contributed by atoms with E-state index in [9.17, 15) is 9.90 Å². The number of ketones is 1. The van der Waals surface area contributed by atoms with Gasteiger partial charge in [0.05, 0.1) is 33.5 Å². The first kappa shape index (κ1) is 46.1. The van der Waals surface area contributed by atoms with E-state index in [1.54, 1.807) is 72.8 Å². The quantitative estimate of drug-likeness (QED) is 0.0714. The van der Waals surface area contributed by atoms with Gasteiger partial charge in [-0.05, 0) is 174 Å². The van der Waals surface area contributed by atoms with Gasteiger partial charge in [0.25, 0.3) is 6.33 Å². The lowest BCUT2D eigenvalue weighted by Gasteiger charge is -2.28. The highest BCUT2D eigenvalue weighted by molar-refractivity contribution is 6.28. The smallest absolute Gasteiger partial charge is 0.372 e. The Labute approximate surface area is 409 Å². The third-order valence-electron chi connectivity index (χ3n) is 11.1. The molecule has 2 aromatic heterocycles. The molecule has 0 atom stereocenters. The van der Waals surface area contributed by atoms with Gasteiger partial charge in [-0.25, -0.2) is 0 Å². The second kappa shape index (κ2) is 20.2. The molecule has 0 amide bonds. The number of nitrogens with zero attached hydrogens (tertiary/aromatic N) is 6. The van der Waals surface area contributed by atoms with E-state index in [4.69, 9.17) is 65.9 Å². The fourth-order valence-electron chi connectivity index (χ4n) is 7.78. The van der Waals surface area contributed by atoms with Gasteiger partial charge in [0.15, 0.2) is 11.5 Å². The predicted molar refractivity (Wildman–Crippen MR) is 248 cm³/mol. The normalized spacial score (nSPS) is 14.7. The van der Waals surface area contributed by atoms with Gasteiger partial charge in [0.1, 0.15) is 35.4 Å². The Bertz CT molecular complexity index is 3100. The highest BCUT2D eigenvalue weighted by atomic mass is 35.5. The number of carbonyl (C=O) groups is 1. The van der Waals surface area contributed by atoms with E-state index in [-0.39, 0.29) is 34.2 Å². The van der Waals surface area contributed by atoms with Gasteiger partial charge in [-0.15, -0.1) is 4.98 Å². The van der Waals surface area contributed by atoms with E-state index in [1.165, 1.54) is 18.2 Å². The summed E-state index contributed by atoms with van der Waals surface area (Å²) in [7, 11) is 1.42. The first-order valence-electron chi connectivity index (χ1n) is 21.6. The maximum absolute atomic E-state index is 13.5. The van der Waals surface area contributed by atoms with Crippen LogP contribution >= 0.6 is 23.2 Å². The number of aliphatic hydroxyl groups excluding tert-OH is 1. The number of methoxy groups -OCH3 is 1. The zero-order valence-electron chi connectivity index (χ0n) is 36.9. The summed E-state index contributed by atoms with van der Waals surface area (Å²) in [5.74, 6) is 0.930. The summed E-state index contributed by atoms with van der Waals surface area (Å²) < 4.78 is 49.2. The van der Waals surface area contributed by atoms with Crippen LogP contribution in [-0.2, 0) is 37.1 Å². The lowest BCUT2D eigenvalue weighted by molar-refractivity contribution is -0.885.